The second kappa shape index (κ2) is 5.02. The average Bonchev–Trinajstić information content (AvgIpc) is 2.27. The molecular weight excluding hydrogens is 217 g/mol. The van der Waals surface area contributed by atoms with E-state index in [-0.39, 0.29) is 12.1 Å². The maximum absolute atomic E-state index is 13.3. The first-order valence-corrected chi connectivity index (χ1v) is 4.54. The van der Waals surface area contributed by atoms with E-state index in [1.54, 1.807) is 0 Å². The van der Waals surface area contributed by atoms with Crippen molar-refractivity contribution in [3.63, 3.8) is 0 Å². The standard InChI is InChI=1S/C10H12FNO4/c11-7-2-1-5(4-12)3-6(7)8(13)9(14)10(15)16/h1-3,8-9,13-14H,4,12H2,(H,15,16). The van der Waals surface area contributed by atoms with Crippen molar-refractivity contribution < 1.29 is 24.5 Å². The van der Waals surface area contributed by atoms with Gasteiger partial charge in [-0.05, 0) is 17.7 Å². The fourth-order valence-electron chi connectivity index (χ4n) is 1.25. The molecule has 1 aromatic rings. The zero-order valence-corrected chi connectivity index (χ0v) is 8.30. The van der Waals surface area contributed by atoms with Crippen LogP contribution in [0.3, 0.4) is 0 Å². The number of rotatable bonds is 4. The molecule has 0 aliphatic carbocycles. The first kappa shape index (κ1) is 12.6. The van der Waals surface area contributed by atoms with Crippen molar-refractivity contribution in [2.24, 2.45) is 5.73 Å². The lowest BCUT2D eigenvalue weighted by atomic mass is 10.0. The van der Waals surface area contributed by atoms with E-state index in [4.69, 9.17) is 15.9 Å². The minimum absolute atomic E-state index is 0.128. The van der Waals surface area contributed by atoms with Crippen LogP contribution >= 0.6 is 0 Å². The Morgan fingerprint density at radius 3 is 2.56 bits per heavy atom. The van der Waals surface area contributed by atoms with E-state index in [0.717, 1.165) is 6.07 Å². The van der Waals surface area contributed by atoms with Gasteiger partial charge in [-0.25, -0.2) is 9.18 Å². The van der Waals surface area contributed by atoms with Crippen LogP contribution in [0.25, 0.3) is 0 Å². The zero-order chi connectivity index (χ0) is 12.3. The van der Waals surface area contributed by atoms with E-state index in [1.807, 2.05) is 0 Å². The van der Waals surface area contributed by atoms with Crippen molar-refractivity contribution in [3.8, 4) is 0 Å². The highest BCUT2D eigenvalue weighted by Crippen LogP contribution is 2.21. The maximum atomic E-state index is 13.3. The molecule has 0 aliphatic rings. The summed E-state index contributed by atoms with van der Waals surface area (Å²) in [6, 6.07) is 3.71. The Balaban J connectivity index is 3.06. The van der Waals surface area contributed by atoms with Crippen LogP contribution in [-0.4, -0.2) is 27.4 Å². The second-order valence-electron chi connectivity index (χ2n) is 3.29. The fraction of sp³-hybridized carbons (Fsp3) is 0.300. The van der Waals surface area contributed by atoms with E-state index < -0.39 is 24.0 Å². The SMILES string of the molecule is NCc1ccc(F)c(C(O)C(O)C(=O)O)c1. The predicted molar refractivity (Wildman–Crippen MR) is 52.9 cm³/mol. The quantitative estimate of drug-likeness (QED) is 0.570. The molecule has 0 aliphatic heterocycles. The van der Waals surface area contributed by atoms with Gasteiger partial charge in [-0.3, -0.25) is 0 Å². The molecular formula is C10H12FNO4. The van der Waals surface area contributed by atoms with Crippen LogP contribution in [0.1, 0.15) is 17.2 Å². The molecule has 16 heavy (non-hydrogen) atoms. The number of carbonyl (C=O) groups is 1. The molecule has 0 spiro atoms. The normalized spacial score (nSPS) is 14.5. The molecule has 0 saturated heterocycles. The number of aliphatic carboxylic acids is 1. The Morgan fingerprint density at radius 2 is 2.06 bits per heavy atom. The van der Waals surface area contributed by atoms with Gasteiger partial charge in [0, 0.05) is 12.1 Å². The van der Waals surface area contributed by atoms with Crippen molar-refractivity contribution in [2.75, 3.05) is 0 Å². The van der Waals surface area contributed by atoms with Crippen molar-refractivity contribution in [1.82, 2.24) is 0 Å². The number of carboxylic acid groups (broad SMARTS) is 1. The molecule has 88 valence electrons. The highest BCUT2D eigenvalue weighted by atomic mass is 19.1. The van der Waals surface area contributed by atoms with Crippen molar-refractivity contribution in [3.05, 3.63) is 35.1 Å². The second-order valence-corrected chi connectivity index (χ2v) is 3.29. The minimum atomic E-state index is -2.07. The van der Waals surface area contributed by atoms with Gasteiger partial charge in [-0.1, -0.05) is 6.07 Å². The van der Waals surface area contributed by atoms with E-state index >= 15 is 0 Å². The molecule has 6 heteroatoms. The Bertz CT molecular complexity index is 396. The lowest BCUT2D eigenvalue weighted by Crippen LogP contribution is -2.28. The lowest BCUT2D eigenvalue weighted by Gasteiger charge is -2.15. The Labute approximate surface area is 90.9 Å². The third-order valence-corrected chi connectivity index (χ3v) is 2.17. The summed E-state index contributed by atoms with van der Waals surface area (Å²) in [7, 11) is 0. The maximum Gasteiger partial charge on any atom is 0.335 e. The monoisotopic (exact) mass is 229 g/mol. The largest absolute Gasteiger partial charge is 0.479 e. The fourth-order valence-corrected chi connectivity index (χ4v) is 1.25. The third-order valence-electron chi connectivity index (χ3n) is 2.17. The number of hydrogen-bond acceptors (Lipinski definition) is 4. The zero-order valence-electron chi connectivity index (χ0n) is 8.30. The Kier molecular flexibility index (Phi) is 3.94. The Morgan fingerprint density at radius 1 is 1.44 bits per heavy atom. The molecule has 1 rings (SSSR count). The summed E-state index contributed by atoms with van der Waals surface area (Å²) in [6.45, 7) is 0.128. The summed E-state index contributed by atoms with van der Waals surface area (Å²) in [4.78, 5) is 10.4. The van der Waals surface area contributed by atoms with Gasteiger partial charge in [0.2, 0.25) is 0 Å². The first-order valence-electron chi connectivity index (χ1n) is 4.54. The number of carboxylic acids is 1. The number of nitrogens with two attached hydrogens (primary N) is 1. The van der Waals surface area contributed by atoms with Crippen LogP contribution in [0.5, 0.6) is 0 Å². The highest BCUT2D eigenvalue weighted by molar-refractivity contribution is 5.73. The van der Waals surface area contributed by atoms with Gasteiger partial charge in [0.25, 0.3) is 0 Å². The summed E-state index contributed by atoms with van der Waals surface area (Å²) in [5.41, 5.74) is 5.58. The number of halogens is 1. The topological polar surface area (TPSA) is 104 Å². The molecule has 0 amide bonds. The molecule has 0 saturated carbocycles. The molecule has 2 atom stereocenters. The molecule has 0 heterocycles. The van der Waals surface area contributed by atoms with E-state index in [1.165, 1.54) is 12.1 Å². The van der Waals surface area contributed by atoms with Crippen LogP contribution in [0.2, 0.25) is 0 Å². The summed E-state index contributed by atoms with van der Waals surface area (Å²) in [6.07, 6.45) is -3.88. The van der Waals surface area contributed by atoms with E-state index in [0.29, 0.717) is 5.56 Å². The molecule has 0 bridgehead atoms. The Hall–Kier alpha value is -1.50. The van der Waals surface area contributed by atoms with Gasteiger partial charge in [-0.15, -0.1) is 0 Å². The number of aliphatic hydroxyl groups excluding tert-OH is 2. The number of hydrogen-bond donors (Lipinski definition) is 4. The molecule has 0 aromatic heterocycles. The summed E-state index contributed by atoms with van der Waals surface area (Å²) in [5, 5.41) is 27.0. The van der Waals surface area contributed by atoms with Gasteiger partial charge >= 0.3 is 5.97 Å². The summed E-state index contributed by atoms with van der Waals surface area (Å²) < 4.78 is 13.3. The van der Waals surface area contributed by atoms with Gasteiger partial charge in [-0.2, -0.15) is 0 Å². The predicted octanol–water partition coefficient (Wildman–Crippen LogP) is -0.237. The summed E-state index contributed by atoms with van der Waals surface area (Å²) in [5.74, 6) is -2.41. The van der Waals surface area contributed by atoms with Crippen LogP contribution in [0.15, 0.2) is 18.2 Å². The average molecular weight is 229 g/mol. The lowest BCUT2D eigenvalue weighted by molar-refractivity contribution is -0.153. The third kappa shape index (κ3) is 2.54. The van der Waals surface area contributed by atoms with Crippen LogP contribution in [0.4, 0.5) is 4.39 Å². The number of benzene rings is 1. The van der Waals surface area contributed by atoms with Crippen molar-refractivity contribution >= 4 is 5.97 Å². The van der Waals surface area contributed by atoms with E-state index in [9.17, 15) is 14.3 Å². The molecule has 2 unspecified atom stereocenters. The molecule has 0 fully saturated rings. The summed E-state index contributed by atoms with van der Waals surface area (Å²) >= 11 is 0. The molecule has 0 radical (unpaired) electrons. The minimum Gasteiger partial charge on any atom is -0.479 e. The van der Waals surface area contributed by atoms with Gasteiger partial charge in [0.1, 0.15) is 11.9 Å². The van der Waals surface area contributed by atoms with Crippen LogP contribution in [0, 0.1) is 5.82 Å². The molecule has 5 nitrogen and oxygen atoms in total. The first-order chi connectivity index (χ1) is 7.47. The number of aliphatic hydroxyl groups is 2. The molecule has 5 N–H and O–H groups in total. The van der Waals surface area contributed by atoms with Gasteiger partial charge in [0.05, 0.1) is 0 Å². The molecule has 1 aromatic carbocycles. The van der Waals surface area contributed by atoms with Gasteiger partial charge < -0.3 is 21.1 Å². The van der Waals surface area contributed by atoms with Crippen molar-refractivity contribution in [1.29, 1.82) is 0 Å². The van der Waals surface area contributed by atoms with Crippen molar-refractivity contribution in [2.45, 2.75) is 18.8 Å². The highest BCUT2D eigenvalue weighted by Gasteiger charge is 2.27. The van der Waals surface area contributed by atoms with Gasteiger partial charge in [0.15, 0.2) is 6.10 Å². The van der Waals surface area contributed by atoms with E-state index in [2.05, 4.69) is 0 Å². The smallest absolute Gasteiger partial charge is 0.335 e. The van der Waals surface area contributed by atoms with Crippen LogP contribution < -0.4 is 5.73 Å². The van der Waals surface area contributed by atoms with Crippen LogP contribution in [-0.2, 0) is 11.3 Å².